The third-order valence-electron chi connectivity index (χ3n) is 5.45. The summed E-state index contributed by atoms with van der Waals surface area (Å²) >= 11 is 0. The summed E-state index contributed by atoms with van der Waals surface area (Å²) in [7, 11) is 6.62. The van der Waals surface area contributed by atoms with E-state index in [-0.39, 0.29) is 5.82 Å². The number of para-hydroxylation sites is 1. The van der Waals surface area contributed by atoms with Gasteiger partial charge in [0.1, 0.15) is 5.82 Å². The van der Waals surface area contributed by atoms with E-state index in [0.29, 0.717) is 29.5 Å². The van der Waals surface area contributed by atoms with Gasteiger partial charge in [0.25, 0.3) is 0 Å². The molecule has 0 radical (unpaired) electrons. The van der Waals surface area contributed by atoms with Crippen LogP contribution in [-0.4, -0.2) is 72.0 Å². The molecule has 8 heteroatoms. The highest BCUT2D eigenvalue weighted by atomic mass is 19.1. The second-order valence-corrected chi connectivity index (χ2v) is 7.14. The van der Waals surface area contributed by atoms with Crippen molar-refractivity contribution in [3.8, 4) is 17.2 Å². The number of ether oxygens (including phenoxy) is 3. The van der Waals surface area contributed by atoms with Gasteiger partial charge in [0.15, 0.2) is 17.5 Å². The van der Waals surface area contributed by atoms with E-state index < -0.39 is 0 Å². The van der Waals surface area contributed by atoms with Crippen LogP contribution in [0.3, 0.4) is 0 Å². The van der Waals surface area contributed by atoms with Crippen LogP contribution in [0.15, 0.2) is 41.4 Å². The fourth-order valence-electron chi connectivity index (χ4n) is 3.87. The molecule has 7 nitrogen and oxygen atoms in total. The van der Waals surface area contributed by atoms with Gasteiger partial charge in [-0.3, -0.25) is 4.99 Å². The largest absolute Gasteiger partial charge is 0.493 e. The molecule has 1 saturated heterocycles. The van der Waals surface area contributed by atoms with Crippen LogP contribution in [0.2, 0.25) is 0 Å². The molecule has 2 aromatic rings. The van der Waals surface area contributed by atoms with Crippen molar-refractivity contribution in [3.05, 3.63) is 47.8 Å². The molecule has 0 spiro atoms. The first-order valence-electron chi connectivity index (χ1n) is 10.4. The number of guanidine groups is 1. The van der Waals surface area contributed by atoms with Gasteiger partial charge in [0.05, 0.1) is 27.0 Å². The van der Waals surface area contributed by atoms with E-state index in [1.165, 1.54) is 6.07 Å². The maximum absolute atomic E-state index is 14.1. The van der Waals surface area contributed by atoms with Crippen molar-refractivity contribution in [2.75, 3.05) is 66.0 Å². The number of halogens is 1. The number of nitrogens with zero attached hydrogens (tertiary/aromatic N) is 3. The summed E-state index contributed by atoms with van der Waals surface area (Å²) in [4.78, 5) is 8.70. The summed E-state index contributed by atoms with van der Waals surface area (Å²) in [6, 6.07) is 10.8. The highest BCUT2D eigenvalue weighted by Crippen LogP contribution is 2.39. The third kappa shape index (κ3) is 5.13. The van der Waals surface area contributed by atoms with Crippen LogP contribution >= 0.6 is 0 Å². The molecular weight excluding hydrogens is 399 g/mol. The van der Waals surface area contributed by atoms with Gasteiger partial charge in [-0.2, -0.15) is 0 Å². The lowest BCUT2D eigenvalue weighted by Gasteiger charge is -2.37. The fraction of sp³-hybridized carbons (Fsp3) is 0.435. The van der Waals surface area contributed by atoms with Crippen LogP contribution in [0.1, 0.15) is 5.56 Å². The summed E-state index contributed by atoms with van der Waals surface area (Å²) in [5.41, 5.74) is 1.68. The molecule has 0 amide bonds. The molecule has 3 rings (SSSR count). The average Bonchev–Trinajstić information content (AvgIpc) is 2.81. The summed E-state index contributed by atoms with van der Waals surface area (Å²) < 4.78 is 30.4. The topological polar surface area (TPSA) is 58.6 Å². The SMILES string of the molecule is CN=C(NCCc1ccc(OC)c(OC)c1OC)N1CCN(c2ccccc2F)CC1. The van der Waals surface area contributed by atoms with E-state index in [9.17, 15) is 4.39 Å². The van der Waals surface area contributed by atoms with Crippen LogP contribution in [-0.2, 0) is 6.42 Å². The lowest BCUT2D eigenvalue weighted by Crippen LogP contribution is -2.53. The second kappa shape index (κ2) is 10.7. The third-order valence-corrected chi connectivity index (χ3v) is 5.45. The molecule has 1 aliphatic rings. The molecule has 0 aromatic heterocycles. The molecule has 1 aliphatic heterocycles. The lowest BCUT2D eigenvalue weighted by molar-refractivity contribution is 0.322. The normalized spacial score (nSPS) is 14.4. The van der Waals surface area contributed by atoms with E-state index >= 15 is 0 Å². The van der Waals surface area contributed by atoms with Crippen molar-refractivity contribution >= 4 is 11.6 Å². The zero-order valence-corrected chi connectivity index (χ0v) is 18.7. The highest BCUT2D eigenvalue weighted by Gasteiger charge is 2.21. The molecule has 168 valence electrons. The number of piperazine rings is 1. The Balaban J connectivity index is 1.57. The highest BCUT2D eigenvalue weighted by molar-refractivity contribution is 5.80. The lowest BCUT2D eigenvalue weighted by atomic mass is 10.1. The van der Waals surface area contributed by atoms with Gasteiger partial charge in [0.2, 0.25) is 5.75 Å². The van der Waals surface area contributed by atoms with Gasteiger partial charge in [0, 0.05) is 45.3 Å². The van der Waals surface area contributed by atoms with Gasteiger partial charge < -0.3 is 29.3 Å². The molecular formula is C23H31FN4O3. The van der Waals surface area contributed by atoms with Gasteiger partial charge in [-0.05, 0) is 24.6 Å². The van der Waals surface area contributed by atoms with E-state index in [2.05, 4.69) is 20.1 Å². The Bertz CT molecular complexity index is 898. The summed E-state index contributed by atoms with van der Waals surface area (Å²) in [5.74, 6) is 2.57. The fourth-order valence-corrected chi connectivity index (χ4v) is 3.87. The van der Waals surface area contributed by atoms with E-state index in [0.717, 1.165) is 44.1 Å². The van der Waals surface area contributed by atoms with Crippen LogP contribution in [0.25, 0.3) is 0 Å². The minimum atomic E-state index is -0.178. The first-order valence-corrected chi connectivity index (χ1v) is 10.4. The van der Waals surface area contributed by atoms with Crippen molar-refractivity contribution in [2.45, 2.75) is 6.42 Å². The Morgan fingerprint density at radius 1 is 0.968 bits per heavy atom. The van der Waals surface area contributed by atoms with Crippen LogP contribution in [0, 0.1) is 5.82 Å². The van der Waals surface area contributed by atoms with Crippen molar-refractivity contribution in [1.29, 1.82) is 0 Å². The minimum absolute atomic E-state index is 0.178. The first kappa shape index (κ1) is 22.5. The van der Waals surface area contributed by atoms with Crippen LogP contribution in [0.4, 0.5) is 10.1 Å². The number of benzene rings is 2. The Hall–Kier alpha value is -3.16. The van der Waals surface area contributed by atoms with Crippen molar-refractivity contribution in [1.82, 2.24) is 10.2 Å². The number of aliphatic imine (C=N–C) groups is 1. The quantitative estimate of drug-likeness (QED) is 0.539. The molecule has 0 unspecified atom stereocenters. The van der Waals surface area contributed by atoms with Gasteiger partial charge in [-0.25, -0.2) is 4.39 Å². The number of hydrogen-bond acceptors (Lipinski definition) is 5. The number of methoxy groups -OCH3 is 3. The van der Waals surface area contributed by atoms with Gasteiger partial charge in [-0.1, -0.05) is 18.2 Å². The molecule has 0 aliphatic carbocycles. The summed E-state index contributed by atoms with van der Waals surface area (Å²) in [5, 5.41) is 3.43. The average molecular weight is 431 g/mol. The monoisotopic (exact) mass is 430 g/mol. The van der Waals surface area contributed by atoms with Gasteiger partial charge in [-0.15, -0.1) is 0 Å². The number of nitrogens with one attached hydrogen (secondary N) is 1. The van der Waals surface area contributed by atoms with E-state index in [1.807, 2.05) is 24.3 Å². The Labute approximate surface area is 183 Å². The van der Waals surface area contributed by atoms with Crippen molar-refractivity contribution < 1.29 is 18.6 Å². The van der Waals surface area contributed by atoms with Crippen LogP contribution < -0.4 is 24.4 Å². The Kier molecular flexibility index (Phi) is 7.81. The maximum Gasteiger partial charge on any atom is 0.203 e. The summed E-state index contributed by atoms with van der Waals surface area (Å²) in [6.45, 7) is 3.71. The van der Waals surface area contributed by atoms with E-state index in [4.69, 9.17) is 14.2 Å². The number of rotatable bonds is 7. The van der Waals surface area contributed by atoms with Gasteiger partial charge >= 0.3 is 0 Å². The maximum atomic E-state index is 14.1. The summed E-state index contributed by atoms with van der Waals surface area (Å²) in [6.07, 6.45) is 0.734. The Morgan fingerprint density at radius 3 is 2.29 bits per heavy atom. The smallest absolute Gasteiger partial charge is 0.203 e. The number of hydrogen-bond donors (Lipinski definition) is 1. The number of anilines is 1. The van der Waals surface area contributed by atoms with Crippen molar-refractivity contribution in [2.24, 2.45) is 4.99 Å². The Morgan fingerprint density at radius 2 is 1.68 bits per heavy atom. The van der Waals surface area contributed by atoms with Crippen molar-refractivity contribution in [3.63, 3.8) is 0 Å². The standard InChI is InChI=1S/C23H31FN4O3/c1-25-23(28-15-13-27(14-16-28)19-8-6-5-7-18(19)24)26-12-11-17-9-10-20(29-2)22(31-4)21(17)30-3/h5-10H,11-16H2,1-4H3,(H,25,26). The molecule has 1 heterocycles. The molecule has 0 bridgehead atoms. The molecule has 0 saturated carbocycles. The predicted molar refractivity (Wildman–Crippen MR) is 121 cm³/mol. The zero-order chi connectivity index (χ0) is 22.2. The predicted octanol–water partition coefficient (Wildman–Crippen LogP) is 2.79. The van der Waals surface area contributed by atoms with E-state index in [1.54, 1.807) is 34.4 Å². The molecule has 1 N–H and O–H groups in total. The zero-order valence-electron chi connectivity index (χ0n) is 18.7. The molecule has 31 heavy (non-hydrogen) atoms. The molecule has 2 aromatic carbocycles. The van der Waals surface area contributed by atoms with Crippen LogP contribution in [0.5, 0.6) is 17.2 Å². The molecule has 1 fully saturated rings. The minimum Gasteiger partial charge on any atom is -0.493 e. The second-order valence-electron chi connectivity index (χ2n) is 7.14. The molecule has 0 atom stereocenters. The first-order chi connectivity index (χ1) is 15.1.